The highest BCUT2D eigenvalue weighted by Crippen LogP contribution is 2.43. The van der Waals surface area contributed by atoms with E-state index < -0.39 is 41.7 Å². The Morgan fingerprint density at radius 3 is 2.38 bits per heavy atom. The van der Waals surface area contributed by atoms with Gasteiger partial charge in [-0.3, -0.25) is 9.59 Å². The van der Waals surface area contributed by atoms with E-state index in [0.717, 1.165) is 24.4 Å². The van der Waals surface area contributed by atoms with Crippen molar-refractivity contribution in [3.05, 3.63) is 64.7 Å². The van der Waals surface area contributed by atoms with Gasteiger partial charge in [-0.1, -0.05) is 12.1 Å². The lowest BCUT2D eigenvalue weighted by molar-refractivity contribution is -0.140. The first-order valence-electron chi connectivity index (χ1n) is 9.21. The number of pyridine rings is 1. The normalized spacial score (nSPS) is 11.9. The standard InChI is InChI=1S/C20H11F6N5O2S/c21-9-3-1-8(2-4-9)10-7-12(20(24,25)26)29-18-13(10)14(15(34-18)16(27)32)30-17(33)11-5-6-28-31(11)19(22)23/h1-7,19H,(H2,27,32)(H,30,33). The summed E-state index contributed by atoms with van der Waals surface area (Å²) in [4.78, 5) is 27.7. The number of nitrogens with one attached hydrogen (secondary N) is 1. The Kier molecular flexibility index (Phi) is 5.77. The molecule has 0 radical (unpaired) electrons. The molecule has 4 aromatic rings. The third kappa shape index (κ3) is 4.19. The molecule has 0 aliphatic carbocycles. The third-order valence-electron chi connectivity index (χ3n) is 4.66. The van der Waals surface area contributed by atoms with E-state index in [1.165, 1.54) is 12.1 Å². The number of thiophene rings is 1. The van der Waals surface area contributed by atoms with Gasteiger partial charge in [0.1, 0.15) is 26.9 Å². The molecule has 3 aromatic heterocycles. The Morgan fingerprint density at radius 2 is 1.79 bits per heavy atom. The highest BCUT2D eigenvalue weighted by molar-refractivity contribution is 7.21. The molecule has 0 unspecified atom stereocenters. The average Bonchev–Trinajstić information content (AvgIpc) is 3.39. The minimum Gasteiger partial charge on any atom is -0.365 e. The van der Waals surface area contributed by atoms with Crippen LogP contribution in [0.25, 0.3) is 21.3 Å². The molecule has 0 aliphatic heterocycles. The van der Waals surface area contributed by atoms with Crippen LogP contribution in [0.15, 0.2) is 42.6 Å². The maximum atomic E-state index is 13.5. The first-order chi connectivity index (χ1) is 16.0. The number of primary amides is 1. The number of nitrogens with zero attached hydrogens (tertiary/aromatic N) is 3. The molecule has 176 valence electrons. The minimum absolute atomic E-state index is 0.102. The monoisotopic (exact) mass is 499 g/mol. The van der Waals surface area contributed by atoms with Crippen molar-refractivity contribution in [2.75, 3.05) is 5.32 Å². The van der Waals surface area contributed by atoms with Crippen LogP contribution in [0, 0.1) is 5.82 Å². The van der Waals surface area contributed by atoms with Gasteiger partial charge in [-0.05, 0) is 35.4 Å². The quantitative estimate of drug-likeness (QED) is 0.375. The lowest BCUT2D eigenvalue weighted by atomic mass is 10.0. The molecule has 2 amide bonds. The number of anilines is 1. The van der Waals surface area contributed by atoms with Crippen LogP contribution in [0.5, 0.6) is 0 Å². The van der Waals surface area contributed by atoms with E-state index in [-0.39, 0.29) is 36.6 Å². The number of fused-ring (bicyclic) bond motifs is 1. The molecule has 4 rings (SSSR count). The number of benzene rings is 1. The molecule has 1 aromatic carbocycles. The van der Waals surface area contributed by atoms with Gasteiger partial charge in [0.05, 0.1) is 5.69 Å². The van der Waals surface area contributed by atoms with E-state index in [4.69, 9.17) is 5.73 Å². The number of hydrogen-bond donors (Lipinski definition) is 2. The molecule has 0 saturated heterocycles. The SMILES string of the molecule is NC(=O)c1sc2nc(C(F)(F)F)cc(-c3ccc(F)cc3)c2c1NC(=O)c1ccnn1C(F)F. The number of rotatable bonds is 5. The number of aromatic nitrogens is 3. The first kappa shape index (κ1) is 23.2. The van der Waals surface area contributed by atoms with Crippen LogP contribution in [-0.4, -0.2) is 26.6 Å². The van der Waals surface area contributed by atoms with Gasteiger partial charge >= 0.3 is 12.7 Å². The molecule has 0 aliphatic rings. The number of carbonyl (C=O) groups excluding carboxylic acids is 2. The van der Waals surface area contributed by atoms with Gasteiger partial charge < -0.3 is 11.1 Å². The molecule has 34 heavy (non-hydrogen) atoms. The molecule has 0 atom stereocenters. The molecule has 3 N–H and O–H groups in total. The summed E-state index contributed by atoms with van der Waals surface area (Å²) in [5, 5.41) is 5.51. The molecule has 14 heteroatoms. The van der Waals surface area contributed by atoms with Gasteiger partial charge in [0.15, 0.2) is 0 Å². The summed E-state index contributed by atoms with van der Waals surface area (Å²) in [5.74, 6) is -2.87. The van der Waals surface area contributed by atoms with Gasteiger partial charge in [-0.15, -0.1) is 11.3 Å². The highest BCUT2D eigenvalue weighted by Gasteiger charge is 2.35. The third-order valence-corrected chi connectivity index (χ3v) is 5.76. The summed E-state index contributed by atoms with van der Waals surface area (Å²) in [6.45, 7) is -3.16. The average molecular weight is 499 g/mol. The van der Waals surface area contributed by atoms with E-state index in [0.29, 0.717) is 17.4 Å². The Morgan fingerprint density at radius 1 is 1.12 bits per heavy atom. The molecule has 0 fully saturated rings. The van der Waals surface area contributed by atoms with Crippen molar-refractivity contribution >= 4 is 39.1 Å². The first-order valence-corrected chi connectivity index (χ1v) is 10.0. The Labute approximate surface area is 189 Å². The van der Waals surface area contributed by atoms with Crippen molar-refractivity contribution in [2.24, 2.45) is 5.73 Å². The van der Waals surface area contributed by atoms with Crippen LogP contribution in [0.4, 0.5) is 32.0 Å². The van der Waals surface area contributed by atoms with Gasteiger partial charge in [-0.2, -0.15) is 31.7 Å². The number of carbonyl (C=O) groups is 2. The van der Waals surface area contributed by atoms with Crippen molar-refractivity contribution in [3.8, 4) is 11.1 Å². The van der Waals surface area contributed by atoms with Crippen LogP contribution >= 0.6 is 11.3 Å². The second-order valence-corrected chi connectivity index (χ2v) is 7.80. The van der Waals surface area contributed by atoms with Crippen molar-refractivity contribution in [2.45, 2.75) is 12.7 Å². The molecule has 7 nitrogen and oxygen atoms in total. The second-order valence-electron chi connectivity index (χ2n) is 6.80. The van der Waals surface area contributed by atoms with E-state index in [9.17, 15) is 35.9 Å². The maximum absolute atomic E-state index is 13.5. The Hall–Kier alpha value is -3.94. The van der Waals surface area contributed by atoms with E-state index in [1.54, 1.807) is 0 Å². The zero-order chi connectivity index (χ0) is 24.8. The number of alkyl halides is 5. The number of hydrogen-bond acceptors (Lipinski definition) is 5. The van der Waals surface area contributed by atoms with Gasteiger partial charge in [0, 0.05) is 11.6 Å². The number of amides is 2. The zero-order valence-electron chi connectivity index (χ0n) is 16.5. The fourth-order valence-corrected chi connectivity index (χ4v) is 4.23. The molecule has 0 spiro atoms. The Balaban J connectivity index is 1.97. The number of halogens is 6. The van der Waals surface area contributed by atoms with Crippen LogP contribution in [0.2, 0.25) is 0 Å². The summed E-state index contributed by atoms with van der Waals surface area (Å²) in [6, 6.07) is 6.07. The fourth-order valence-electron chi connectivity index (χ4n) is 3.22. The predicted molar refractivity (Wildman–Crippen MR) is 110 cm³/mol. The van der Waals surface area contributed by atoms with Crippen LogP contribution in [-0.2, 0) is 6.18 Å². The van der Waals surface area contributed by atoms with Gasteiger partial charge in [-0.25, -0.2) is 9.37 Å². The molecule has 0 bridgehead atoms. The van der Waals surface area contributed by atoms with Crippen LogP contribution in [0.1, 0.15) is 32.4 Å². The summed E-state index contributed by atoms with van der Waals surface area (Å²) in [5.41, 5.74) is 3.14. The second kappa shape index (κ2) is 8.44. The van der Waals surface area contributed by atoms with E-state index >= 15 is 0 Å². The van der Waals surface area contributed by atoms with Gasteiger partial charge in [0.25, 0.3) is 11.8 Å². The highest BCUT2D eigenvalue weighted by atomic mass is 32.1. The lowest BCUT2D eigenvalue weighted by Crippen LogP contribution is -2.20. The molecule has 0 saturated carbocycles. The van der Waals surface area contributed by atoms with Crippen molar-refractivity contribution in [1.82, 2.24) is 14.8 Å². The molecular weight excluding hydrogens is 488 g/mol. The lowest BCUT2D eigenvalue weighted by Gasteiger charge is -2.13. The summed E-state index contributed by atoms with van der Waals surface area (Å²) in [7, 11) is 0. The predicted octanol–water partition coefficient (Wildman–Crippen LogP) is 5.06. The van der Waals surface area contributed by atoms with E-state index in [2.05, 4.69) is 15.4 Å². The van der Waals surface area contributed by atoms with E-state index in [1.807, 2.05) is 0 Å². The summed E-state index contributed by atoms with van der Waals surface area (Å²) in [6.07, 6.45) is -3.92. The largest absolute Gasteiger partial charge is 0.433 e. The van der Waals surface area contributed by atoms with Crippen molar-refractivity contribution in [1.29, 1.82) is 0 Å². The smallest absolute Gasteiger partial charge is 0.365 e. The maximum Gasteiger partial charge on any atom is 0.433 e. The van der Waals surface area contributed by atoms with Crippen molar-refractivity contribution < 1.29 is 35.9 Å². The molecular formula is C20H11F6N5O2S. The topological polar surface area (TPSA) is 103 Å². The Bertz CT molecular complexity index is 1410. The zero-order valence-corrected chi connectivity index (χ0v) is 17.3. The van der Waals surface area contributed by atoms with Crippen LogP contribution < -0.4 is 11.1 Å². The fraction of sp³-hybridized carbons (Fsp3) is 0.100. The molecule has 3 heterocycles. The van der Waals surface area contributed by atoms with Crippen molar-refractivity contribution in [3.63, 3.8) is 0 Å². The minimum atomic E-state index is -4.87. The summed E-state index contributed by atoms with van der Waals surface area (Å²) >= 11 is 0.479. The van der Waals surface area contributed by atoms with Crippen LogP contribution in [0.3, 0.4) is 0 Å². The number of nitrogens with two attached hydrogens (primary N) is 1. The van der Waals surface area contributed by atoms with Gasteiger partial charge in [0.2, 0.25) is 0 Å². The summed E-state index contributed by atoms with van der Waals surface area (Å²) < 4.78 is 80.3.